The summed E-state index contributed by atoms with van der Waals surface area (Å²) in [5, 5.41) is 2.60. The lowest BCUT2D eigenvalue weighted by molar-refractivity contribution is -0.117. The smallest absolute Gasteiger partial charge is 0.295 e. The molecule has 0 bridgehead atoms. The van der Waals surface area contributed by atoms with Crippen molar-refractivity contribution in [1.29, 1.82) is 0 Å². The Morgan fingerprint density at radius 2 is 2.35 bits per heavy atom. The standard InChI is InChI=1S/C14H20N2O4/c1-2-16-7-9-19-11(10-16)5-6-15-14(18)13(17)12-4-3-8-20-12/h3-4,8,11H,2,5-7,9-10H2,1H3,(H,15,18). The van der Waals surface area contributed by atoms with E-state index in [1.165, 1.54) is 12.3 Å². The number of likely N-dealkylation sites (N-methyl/N-ethyl adjacent to an activating group) is 1. The second kappa shape index (κ2) is 7.21. The van der Waals surface area contributed by atoms with Crippen LogP contribution in [0, 0.1) is 0 Å². The molecule has 0 aliphatic carbocycles. The highest BCUT2D eigenvalue weighted by Gasteiger charge is 2.21. The van der Waals surface area contributed by atoms with E-state index in [0.29, 0.717) is 13.0 Å². The molecule has 0 radical (unpaired) electrons. The van der Waals surface area contributed by atoms with Gasteiger partial charge < -0.3 is 14.5 Å². The topological polar surface area (TPSA) is 71.8 Å². The minimum Gasteiger partial charge on any atom is -0.461 e. The van der Waals surface area contributed by atoms with Gasteiger partial charge in [-0.25, -0.2) is 0 Å². The fourth-order valence-corrected chi connectivity index (χ4v) is 2.19. The quantitative estimate of drug-likeness (QED) is 0.613. The lowest BCUT2D eigenvalue weighted by Crippen LogP contribution is -2.43. The third-order valence-corrected chi connectivity index (χ3v) is 3.37. The van der Waals surface area contributed by atoms with Crippen LogP contribution in [0.4, 0.5) is 0 Å². The molecule has 2 heterocycles. The van der Waals surface area contributed by atoms with Gasteiger partial charge in [-0.2, -0.15) is 0 Å². The predicted octanol–water partition coefficient (Wildman–Crippen LogP) is 0.689. The number of rotatable bonds is 6. The fraction of sp³-hybridized carbons (Fsp3) is 0.571. The van der Waals surface area contributed by atoms with Crippen molar-refractivity contribution in [3.05, 3.63) is 24.2 Å². The first kappa shape index (κ1) is 14.7. The van der Waals surface area contributed by atoms with Crippen molar-refractivity contribution < 1.29 is 18.7 Å². The number of furan rings is 1. The largest absolute Gasteiger partial charge is 0.461 e. The van der Waals surface area contributed by atoms with Crippen molar-refractivity contribution in [3.8, 4) is 0 Å². The van der Waals surface area contributed by atoms with Gasteiger partial charge in [-0.1, -0.05) is 6.92 Å². The molecule has 1 aromatic heterocycles. The molecule has 110 valence electrons. The summed E-state index contributed by atoms with van der Waals surface area (Å²) in [6.07, 6.45) is 2.19. The molecule has 1 aliphatic heterocycles. The Kier molecular flexibility index (Phi) is 5.31. The van der Waals surface area contributed by atoms with Gasteiger partial charge in [0.1, 0.15) is 0 Å². The highest BCUT2D eigenvalue weighted by atomic mass is 16.5. The normalized spacial score (nSPS) is 19.8. The van der Waals surface area contributed by atoms with Gasteiger partial charge in [-0.15, -0.1) is 0 Å². The monoisotopic (exact) mass is 280 g/mol. The SMILES string of the molecule is CCN1CCOC(CCNC(=O)C(=O)c2ccco2)C1. The maximum atomic E-state index is 11.6. The molecule has 1 fully saturated rings. The number of nitrogens with zero attached hydrogens (tertiary/aromatic N) is 1. The first-order valence-electron chi connectivity index (χ1n) is 6.90. The second-order valence-corrected chi connectivity index (χ2v) is 4.74. The molecule has 0 aromatic carbocycles. The number of ketones is 1. The van der Waals surface area contributed by atoms with E-state index < -0.39 is 11.7 Å². The van der Waals surface area contributed by atoms with Crippen LogP contribution >= 0.6 is 0 Å². The average Bonchev–Trinajstić information content (AvgIpc) is 3.00. The first-order chi connectivity index (χ1) is 9.70. The van der Waals surface area contributed by atoms with E-state index in [2.05, 4.69) is 17.1 Å². The zero-order valence-electron chi connectivity index (χ0n) is 11.6. The van der Waals surface area contributed by atoms with Crippen molar-refractivity contribution in [2.24, 2.45) is 0 Å². The maximum absolute atomic E-state index is 11.6. The first-order valence-corrected chi connectivity index (χ1v) is 6.90. The van der Waals surface area contributed by atoms with Gasteiger partial charge in [0.25, 0.3) is 11.7 Å². The van der Waals surface area contributed by atoms with Crippen LogP contribution < -0.4 is 5.32 Å². The summed E-state index contributed by atoms with van der Waals surface area (Å²) in [5.41, 5.74) is 0. The number of ether oxygens (including phenoxy) is 1. The van der Waals surface area contributed by atoms with E-state index >= 15 is 0 Å². The van der Waals surface area contributed by atoms with Crippen LogP contribution in [-0.2, 0) is 9.53 Å². The lowest BCUT2D eigenvalue weighted by Gasteiger charge is -2.32. The summed E-state index contributed by atoms with van der Waals surface area (Å²) in [7, 11) is 0. The molecular formula is C14H20N2O4. The van der Waals surface area contributed by atoms with E-state index in [0.717, 1.165) is 26.2 Å². The molecule has 1 aromatic rings. The molecule has 0 saturated carbocycles. The number of morpholine rings is 1. The minimum atomic E-state index is -0.644. The van der Waals surface area contributed by atoms with E-state index in [-0.39, 0.29) is 11.9 Å². The van der Waals surface area contributed by atoms with Crippen LogP contribution in [0.2, 0.25) is 0 Å². The summed E-state index contributed by atoms with van der Waals surface area (Å²) in [6.45, 7) is 6.09. The molecule has 1 saturated heterocycles. The molecule has 20 heavy (non-hydrogen) atoms. The Bertz CT molecular complexity index is 444. The predicted molar refractivity (Wildman–Crippen MR) is 72.5 cm³/mol. The van der Waals surface area contributed by atoms with Gasteiger partial charge in [-0.3, -0.25) is 14.5 Å². The zero-order valence-corrected chi connectivity index (χ0v) is 11.6. The van der Waals surface area contributed by atoms with Gasteiger partial charge >= 0.3 is 0 Å². The van der Waals surface area contributed by atoms with Crippen LogP contribution in [-0.4, -0.2) is 55.5 Å². The van der Waals surface area contributed by atoms with Crippen LogP contribution in [0.5, 0.6) is 0 Å². The van der Waals surface area contributed by atoms with Crippen LogP contribution in [0.15, 0.2) is 22.8 Å². The Morgan fingerprint density at radius 3 is 3.05 bits per heavy atom. The zero-order chi connectivity index (χ0) is 14.4. The Hall–Kier alpha value is -1.66. The number of amides is 1. The van der Waals surface area contributed by atoms with Gasteiger partial charge in [0, 0.05) is 19.6 Å². The molecule has 1 atom stereocenters. The van der Waals surface area contributed by atoms with E-state index in [1.807, 2.05) is 0 Å². The van der Waals surface area contributed by atoms with E-state index in [4.69, 9.17) is 9.15 Å². The number of carbonyl (C=O) groups excluding carboxylic acids is 2. The molecule has 0 spiro atoms. The molecule has 1 unspecified atom stereocenters. The second-order valence-electron chi connectivity index (χ2n) is 4.74. The molecule has 1 aliphatic rings. The van der Waals surface area contributed by atoms with Gasteiger partial charge in [0.15, 0.2) is 5.76 Å². The van der Waals surface area contributed by atoms with Crippen molar-refractivity contribution in [2.75, 3.05) is 32.8 Å². The summed E-state index contributed by atoms with van der Waals surface area (Å²) < 4.78 is 10.5. The maximum Gasteiger partial charge on any atom is 0.295 e. The Balaban J connectivity index is 1.70. The summed E-state index contributed by atoms with van der Waals surface area (Å²) in [5.74, 6) is -1.22. The minimum absolute atomic E-state index is 0.0635. The average molecular weight is 280 g/mol. The van der Waals surface area contributed by atoms with E-state index in [9.17, 15) is 9.59 Å². The number of carbonyl (C=O) groups is 2. The molecule has 6 nitrogen and oxygen atoms in total. The van der Waals surface area contributed by atoms with Gasteiger partial charge in [-0.05, 0) is 25.1 Å². The fourth-order valence-electron chi connectivity index (χ4n) is 2.19. The lowest BCUT2D eigenvalue weighted by atomic mass is 10.2. The highest BCUT2D eigenvalue weighted by molar-refractivity contribution is 6.42. The number of hydrogen-bond donors (Lipinski definition) is 1. The van der Waals surface area contributed by atoms with Gasteiger partial charge in [0.2, 0.25) is 0 Å². The Labute approximate surface area is 118 Å². The highest BCUT2D eigenvalue weighted by Crippen LogP contribution is 2.07. The van der Waals surface area contributed by atoms with Crippen LogP contribution in [0.3, 0.4) is 0 Å². The molecule has 1 N–H and O–H groups in total. The van der Waals surface area contributed by atoms with Crippen LogP contribution in [0.1, 0.15) is 23.9 Å². The van der Waals surface area contributed by atoms with Gasteiger partial charge in [0.05, 0.1) is 19.0 Å². The van der Waals surface area contributed by atoms with Crippen molar-refractivity contribution in [2.45, 2.75) is 19.4 Å². The number of nitrogens with one attached hydrogen (secondary N) is 1. The summed E-state index contributed by atoms with van der Waals surface area (Å²) >= 11 is 0. The number of hydrogen-bond acceptors (Lipinski definition) is 5. The summed E-state index contributed by atoms with van der Waals surface area (Å²) in [6, 6.07) is 3.06. The Morgan fingerprint density at radius 1 is 1.50 bits per heavy atom. The van der Waals surface area contributed by atoms with Crippen molar-refractivity contribution in [3.63, 3.8) is 0 Å². The molecule has 2 rings (SSSR count). The molecule has 6 heteroatoms. The van der Waals surface area contributed by atoms with Crippen LogP contribution in [0.25, 0.3) is 0 Å². The van der Waals surface area contributed by atoms with Crippen molar-refractivity contribution in [1.82, 2.24) is 10.2 Å². The van der Waals surface area contributed by atoms with Crippen molar-refractivity contribution >= 4 is 11.7 Å². The molecule has 1 amide bonds. The molecular weight excluding hydrogens is 260 g/mol. The third kappa shape index (κ3) is 3.91. The third-order valence-electron chi connectivity index (χ3n) is 3.37. The summed E-state index contributed by atoms with van der Waals surface area (Å²) in [4.78, 5) is 25.6. The number of Topliss-reactive ketones (excluding diaryl/α,β-unsaturated/α-hetero) is 1. The van der Waals surface area contributed by atoms with E-state index in [1.54, 1.807) is 6.07 Å².